The van der Waals surface area contributed by atoms with Gasteiger partial charge in [0.25, 0.3) is 5.56 Å². The lowest BCUT2D eigenvalue weighted by molar-refractivity contribution is -0.135. The van der Waals surface area contributed by atoms with Crippen LogP contribution < -0.4 is 10.9 Å². The van der Waals surface area contributed by atoms with E-state index in [4.69, 9.17) is 9.47 Å². The number of hydrogen-bond acceptors (Lipinski definition) is 4. The zero-order valence-electron chi connectivity index (χ0n) is 14.1. The quantitative estimate of drug-likeness (QED) is 0.833. The molecule has 1 aromatic heterocycles. The Labute approximate surface area is 136 Å². The van der Waals surface area contributed by atoms with Crippen LogP contribution in [0.2, 0.25) is 0 Å². The molecule has 0 aliphatic carbocycles. The molecule has 0 radical (unpaired) electrons. The lowest BCUT2D eigenvalue weighted by Crippen LogP contribution is -2.37. The van der Waals surface area contributed by atoms with Crippen LogP contribution in [-0.2, 0) is 20.8 Å². The summed E-state index contributed by atoms with van der Waals surface area (Å²) in [4.78, 5) is 26.8. The molecule has 0 aromatic carbocycles. The number of pyridine rings is 1. The van der Waals surface area contributed by atoms with E-state index in [0.717, 1.165) is 37.1 Å². The van der Waals surface area contributed by atoms with E-state index in [1.807, 2.05) is 19.9 Å². The van der Waals surface area contributed by atoms with Gasteiger partial charge in [-0.2, -0.15) is 0 Å². The summed E-state index contributed by atoms with van der Waals surface area (Å²) in [5.41, 5.74) is 2.10. The van der Waals surface area contributed by atoms with Gasteiger partial charge < -0.3 is 19.8 Å². The highest BCUT2D eigenvalue weighted by Crippen LogP contribution is 2.13. The Hall–Kier alpha value is -1.66. The minimum absolute atomic E-state index is 0.0844. The Morgan fingerprint density at radius 1 is 1.48 bits per heavy atom. The van der Waals surface area contributed by atoms with Crippen molar-refractivity contribution < 1.29 is 14.3 Å². The Morgan fingerprint density at radius 3 is 2.91 bits per heavy atom. The third kappa shape index (κ3) is 5.18. The average molecular weight is 322 g/mol. The van der Waals surface area contributed by atoms with Crippen LogP contribution in [0.1, 0.15) is 43.0 Å². The maximum absolute atomic E-state index is 12.1. The number of nitrogens with one attached hydrogen (secondary N) is 2. The molecular formula is C17H26N2O4. The minimum Gasteiger partial charge on any atom is -0.376 e. The van der Waals surface area contributed by atoms with Crippen molar-refractivity contribution in [1.82, 2.24) is 10.3 Å². The third-order valence-electron chi connectivity index (χ3n) is 4.11. The molecule has 1 fully saturated rings. The predicted octanol–water partition coefficient (Wildman–Crippen LogP) is 1.58. The highest BCUT2D eigenvalue weighted by molar-refractivity contribution is 5.80. The van der Waals surface area contributed by atoms with Crippen molar-refractivity contribution in [3.8, 4) is 0 Å². The standard InChI is InChI=1S/C17H26N2O4/c1-11-8-12(2)19-17(21)15(11)9-18-16(20)13(3)23-10-14-6-4-5-7-22-14/h8,13-14H,4-7,9-10H2,1-3H3,(H,18,20)(H,19,21)/t13-,14-/m1/s1. The van der Waals surface area contributed by atoms with Crippen LogP contribution in [0.5, 0.6) is 0 Å². The highest BCUT2D eigenvalue weighted by Gasteiger charge is 2.19. The van der Waals surface area contributed by atoms with Crippen LogP contribution in [0.25, 0.3) is 0 Å². The minimum atomic E-state index is -0.564. The maximum Gasteiger partial charge on any atom is 0.253 e. The Bertz CT molecular complexity index is 591. The zero-order valence-corrected chi connectivity index (χ0v) is 14.1. The van der Waals surface area contributed by atoms with Crippen molar-refractivity contribution in [1.29, 1.82) is 0 Å². The second-order valence-corrected chi connectivity index (χ2v) is 6.12. The van der Waals surface area contributed by atoms with E-state index in [0.29, 0.717) is 12.2 Å². The molecule has 1 aromatic rings. The fraction of sp³-hybridized carbons (Fsp3) is 0.647. The van der Waals surface area contributed by atoms with Gasteiger partial charge in [0.15, 0.2) is 0 Å². The monoisotopic (exact) mass is 322 g/mol. The first-order valence-corrected chi connectivity index (χ1v) is 8.17. The molecule has 1 saturated heterocycles. The summed E-state index contributed by atoms with van der Waals surface area (Å²) in [5.74, 6) is -0.222. The Morgan fingerprint density at radius 2 is 2.26 bits per heavy atom. The second-order valence-electron chi connectivity index (χ2n) is 6.12. The van der Waals surface area contributed by atoms with Crippen LogP contribution in [0.15, 0.2) is 10.9 Å². The van der Waals surface area contributed by atoms with Crippen molar-refractivity contribution in [3.05, 3.63) is 33.2 Å². The number of carbonyl (C=O) groups excluding carboxylic acids is 1. The number of amides is 1. The number of H-pyrrole nitrogens is 1. The summed E-state index contributed by atoms with van der Waals surface area (Å²) in [5, 5.41) is 2.76. The molecule has 1 aliphatic rings. The van der Waals surface area contributed by atoms with Gasteiger partial charge in [-0.25, -0.2) is 0 Å². The van der Waals surface area contributed by atoms with Crippen molar-refractivity contribution >= 4 is 5.91 Å². The molecule has 0 saturated carbocycles. The Balaban J connectivity index is 1.81. The molecule has 0 spiro atoms. The lowest BCUT2D eigenvalue weighted by Gasteiger charge is -2.23. The smallest absolute Gasteiger partial charge is 0.253 e. The lowest BCUT2D eigenvalue weighted by atomic mass is 10.1. The number of aromatic nitrogens is 1. The van der Waals surface area contributed by atoms with Crippen molar-refractivity contribution in [3.63, 3.8) is 0 Å². The van der Waals surface area contributed by atoms with Gasteiger partial charge in [0, 0.05) is 24.4 Å². The van der Waals surface area contributed by atoms with Gasteiger partial charge in [0.1, 0.15) is 6.10 Å². The molecule has 2 rings (SSSR count). The predicted molar refractivity (Wildman–Crippen MR) is 87.4 cm³/mol. The fourth-order valence-electron chi connectivity index (χ4n) is 2.69. The molecular weight excluding hydrogens is 296 g/mol. The van der Waals surface area contributed by atoms with Gasteiger partial charge in [0.05, 0.1) is 12.7 Å². The first-order valence-electron chi connectivity index (χ1n) is 8.17. The van der Waals surface area contributed by atoms with Gasteiger partial charge in [-0.3, -0.25) is 9.59 Å². The zero-order chi connectivity index (χ0) is 16.8. The number of aromatic amines is 1. The van der Waals surface area contributed by atoms with E-state index < -0.39 is 6.10 Å². The van der Waals surface area contributed by atoms with Gasteiger partial charge in [-0.15, -0.1) is 0 Å². The molecule has 6 nitrogen and oxygen atoms in total. The summed E-state index contributed by atoms with van der Waals surface area (Å²) in [6.07, 6.45) is 2.74. The second kappa shape index (κ2) is 8.26. The molecule has 2 N–H and O–H groups in total. The van der Waals surface area contributed by atoms with Gasteiger partial charge in [-0.1, -0.05) is 0 Å². The molecule has 1 amide bonds. The molecule has 6 heteroatoms. The maximum atomic E-state index is 12.1. The highest BCUT2D eigenvalue weighted by atomic mass is 16.5. The summed E-state index contributed by atoms with van der Waals surface area (Å²) >= 11 is 0. The van der Waals surface area contributed by atoms with E-state index in [1.165, 1.54) is 0 Å². The van der Waals surface area contributed by atoms with Gasteiger partial charge in [0.2, 0.25) is 5.91 Å². The van der Waals surface area contributed by atoms with E-state index in [2.05, 4.69) is 10.3 Å². The summed E-state index contributed by atoms with van der Waals surface area (Å²) in [6, 6.07) is 1.89. The first kappa shape index (κ1) is 17.7. The molecule has 2 atom stereocenters. The van der Waals surface area contributed by atoms with E-state index in [1.54, 1.807) is 6.92 Å². The van der Waals surface area contributed by atoms with Crippen LogP contribution in [0.3, 0.4) is 0 Å². The third-order valence-corrected chi connectivity index (χ3v) is 4.11. The largest absolute Gasteiger partial charge is 0.376 e. The van der Waals surface area contributed by atoms with Gasteiger partial charge >= 0.3 is 0 Å². The number of carbonyl (C=O) groups is 1. The fourth-order valence-corrected chi connectivity index (χ4v) is 2.69. The van der Waals surface area contributed by atoms with Crippen molar-refractivity contribution in [2.24, 2.45) is 0 Å². The number of rotatable bonds is 6. The summed E-state index contributed by atoms with van der Waals surface area (Å²) in [7, 11) is 0. The molecule has 0 unspecified atom stereocenters. The molecule has 23 heavy (non-hydrogen) atoms. The van der Waals surface area contributed by atoms with Crippen LogP contribution in [0, 0.1) is 13.8 Å². The normalized spacial score (nSPS) is 19.3. The van der Waals surface area contributed by atoms with E-state index in [9.17, 15) is 9.59 Å². The van der Waals surface area contributed by atoms with Crippen molar-refractivity contribution in [2.45, 2.75) is 58.8 Å². The number of aryl methyl sites for hydroxylation is 2. The van der Waals surface area contributed by atoms with Crippen molar-refractivity contribution in [2.75, 3.05) is 13.2 Å². The molecule has 2 heterocycles. The SMILES string of the molecule is Cc1cc(C)c(CNC(=O)[C@@H](C)OC[C@H]2CCCCO2)c(=O)[nH]1. The van der Waals surface area contributed by atoms with Crippen LogP contribution in [0.4, 0.5) is 0 Å². The number of hydrogen-bond donors (Lipinski definition) is 2. The summed E-state index contributed by atoms with van der Waals surface area (Å²) < 4.78 is 11.2. The summed E-state index contributed by atoms with van der Waals surface area (Å²) in [6.45, 7) is 6.81. The molecule has 128 valence electrons. The Kier molecular flexibility index (Phi) is 6.36. The van der Waals surface area contributed by atoms with Crippen LogP contribution >= 0.6 is 0 Å². The number of ether oxygens (including phenoxy) is 2. The van der Waals surface area contributed by atoms with E-state index >= 15 is 0 Å². The van der Waals surface area contributed by atoms with Gasteiger partial charge in [-0.05, 0) is 51.7 Å². The molecule has 0 bridgehead atoms. The molecule has 1 aliphatic heterocycles. The first-order chi connectivity index (χ1) is 11.0. The topological polar surface area (TPSA) is 80.4 Å². The van der Waals surface area contributed by atoms with E-state index in [-0.39, 0.29) is 24.1 Å². The average Bonchev–Trinajstić information content (AvgIpc) is 2.52. The van der Waals surface area contributed by atoms with Crippen LogP contribution in [-0.4, -0.2) is 36.3 Å².